The van der Waals surface area contributed by atoms with Gasteiger partial charge in [0.1, 0.15) is 0 Å². The van der Waals surface area contributed by atoms with Gasteiger partial charge in [-0.1, -0.05) is 26.7 Å². The van der Waals surface area contributed by atoms with Crippen molar-refractivity contribution < 1.29 is 18.9 Å². The van der Waals surface area contributed by atoms with Gasteiger partial charge in [-0.3, -0.25) is 9.80 Å². The van der Waals surface area contributed by atoms with Crippen molar-refractivity contribution in [3.8, 4) is 0 Å². The highest BCUT2D eigenvalue weighted by atomic mass is 16.5. The summed E-state index contributed by atoms with van der Waals surface area (Å²) in [6.07, 6.45) is 5.80. The fraction of sp³-hybridized carbons (Fsp3) is 1.00. The molecule has 26 heavy (non-hydrogen) atoms. The van der Waals surface area contributed by atoms with Crippen molar-refractivity contribution in [3.05, 3.63) is 0 Å². The van der Waals surface area contributed by atoms with E-state index in [4.69, 9.17) is 18.9 Å². The molecule has 1 rings (SSSR count). The van der Waals surface area contributed by atoms with Crippen LogP contribution in [0.3, 0.4) is 0 Å². The van der Waals surface area contributed by atoms with Crippen molar-refractivity contribution in [1.82, 2.24) is 9.80 Å². The highest BCUT2D eigenvalue weighted by Gasteiger charge is 2.07. The number of rotatable bonds is 6. The average Bonchev–Trinajstić information content (AvgIpc) is 2.65. The minimum atomic E-state index is 0.667. The fourth-order valence-corrected chi connectivity index (χ4v) is 2.80. The highest BCUT2D eigenvalue weighted by Crippen LogP contribution is 1.99. The molecule has 0 aromatic carbocycles. The van der Waals surface area contributed by atoms with Gasteiger partial charge in [0.2, 0.25) is 0 Å². The quantitative estimate of drug-likeness (QED) is 0.712. The molecule has 1 saturated heterocycles. The molecule has 0 bridgehead atoms. The van der Waals surface area contributed by atoms with Crippen LogP contribution in [0.5, 0.6) is 0 Å². The molecule has 0 spiro atoms. The molecule has 6 heteroatoms. The lowest BCUT2D eigenvalue weighted by molar-refractivity contribution is -0.0122. The maximum atomic E-state index is 5.82. The van der Waals surface area contributed by atoms with Crippen molar-refractivity contribution in [2.24, 2.45) is 0 Å². The summed E-state index contributed by atoms with van der Waals surface area (Å²) in [7, 11) is 0. The van der Waals surface area contributed by atoms with Gasteiger partial charge < -0.3 is 18.9 Å². The number of unbranched alkanes of at least 4 members (excludes halogenated alkanes) is 2. The van der Waals surface area contributed by atoms with E-state index < -0.39 is 0 Å². The van der Waals surface area contributed by atoms with E-state index in [1.54, 1.807) is 0 Å². The minimum absolute atomic E-state index is 0.667. The van der Waals surface area contributed by atoms with E-state index in [-0.39, 0.29) is 0 Å². The molecule has 1 aliphatic rings. The topological polar surface area (TPSA) is 43.4 Å². The molecule has 156 valence electrons. The second kappa shape index (κ2) is 18.1. The minimum Gasteiger partial charge on any atom is -0.380 e. The molecule has 1 fully saturated rings. The monoisotopic (exact) mass is 374 g/mol. The van der Waals surface area contributed by atoms with Gasteiger partial charge in [0.05, 0.1) is 46.4 Å². The third kappa shape index (κ3) is 13.9. The van der Waals surface area contributed by atoms with E-state index in [2.05, 4.69) is 23.6 Å². The Labute approximate surface area is 161 Å². The second-order valence-corrected chi connectivity index (χ2v) is 6.89. The van der Waals surface area contributed by atoms with Crippen LogP contribution in [-0.2, 0) is 18.9 Å². The smallest absolute Gasteiger partial charge is 0.0990 e. The zero-order valence-corrected chi connectivity index (χ0v) is 17.3. The van der Waals surface area contributed by atoms with Crippen LogP contribution in [0.15, 0.2) is 0 Å². The molecule has 0 aliphatic carbocycles. The first-order chi connectivity index (χ1) is 12.9. The van der Waals surface area contributed by atoms with E-state index in [1.165, 1.54) is 25.7 Å². The first kappa shape index (κ1) is 23.8. The first-order valence-corrected chi connectivity index (χ1v) is 10.6. The average molecular weight is 375 g/mol. The van der Waals surface area contributed by atoms with Gasteiger partial charge in [0.15, 0.2) is 0 Å². The summed E-state index contributed by atoms with van der Waals surface area (Å²) in [5, 5.41) is 0. The van der Waals surface area contributed by atoms with Gasteiger partial charge in [-0.25, -0.2) is 0 Å². The molecular formula is C20H42N2O4. The molecule has 6 nitrogen and oxygen atoms in total. The van der Waals surface area contributed by atoms with Crippen LogP contribution in [0.25, 0.3) is 0 Å². The first-order valence-electron chi connectivity index (χ1n) is 10.6. The lowest BCUT2D eigenvalue weighted by Gasteiger charge is -2.23. The third-order valence-electron chi connectivity index (χ3n) is 4.53. The van der Waals surface area contributed by atoms with Crippen molar-refractivity contribution in [2.75, 3.05) is 85.7 Å². The summed E-state index contributed by atoms with van der Waals surface area (Å²) in [6.45, 7) is 15.4. The zero-order valence-electron chi connectivity index (χ0n) is 17.3. The number of hydrogen-bond acceptors (Lipinski definition) is 6. The van der Waals surface area contributed by atoms with Gasteiger partial charge in [0.25, 0.3) is 0 Å². The Bertz CT molecular complexity index is 247. The largest absolute Gasteiger partial charge is 0.380 e. The van der Waals surface area contributed by atoms with Gasteiger partial charge in [-0.2, -0.15) is 0 Å². The van der Waals surface area contributed by atoms with Crippen LogP contribution in [0.4, 0.5) is 0 Å². The van der Waals surface area contributed by atoms with E-state index >= 15 is 0 Å². The summed E-state index contributed by atoms with van der Waals surface area (Å²) >= 11 is 0. The maximum Gasteiger partial charge on any atom is 0.0990 e. The Balaban J connectivity index is 2.31. The molecule has 1 heterocycles. The molecule has 0 unspecified atom stereocenters. The highest BCUT2D eigenvalue weighted by molar-refractivity contribution is 4.58. The summed E-state index contributed by atoms with van der Waals surface area (Å²) in [6, 6.07) is 0. The fourth-order valence-electron chi connectivity index (χ4n) is 2.80. The molecule has 1 aliphatic heterocycles. The van der Waals surface area contributed by atoms with Crippen LogP contribution >= 0.6 is 0 Å². The molecule has 0 amide bonds. The molecule has 0 atom stereocenters. The van der Waals surface area contributed by atoms with Crippen LogP contribution in [0.1, 0.15) is 46.0 Å². The van der Waals surface area contributed by atoms with Crippen molar-refractivity contribution in [3.63, 3.8) is 0 Å². The Hall–Kier alpha value is -0.240. The van der Waals surface area contributed by atoms with Crippen molar-refractivity contribution >= 4 is 0 Å². The Morgan fingerprint density at radius 2 is 1.08 bits per heavy atom. The third-order valence-corrected chi connectivity index (χ3v) is 4.53. The number of hydrogen-bond donors (Lipinski definition) is 0. The number of ether oxygens (including phenoxy) is 4. The Morgan fingerprint density at radius 1 is 0.577 bits per heavy atom. The van der Waals surface area contributed by atoms with Crippen molar-refractivity contribution in [1.29, 1.82) is 0 Å². The van der Waals surface area contributed by atoms with E-state index in [1.807, 2.05) is 0 Å². The summed E-state index contributed by atoms with van der Waals surface area (Å²) in [5.41, 5.74) is 0. The van der Waals surface area contributed by atoms with Crippen LogP contribution < -0.4 is 0 Å². The van der Waals surface area contributed by atoms with Crippen LogP contribution in [0.2, 0.25) is 0 Å². The lowest BCUT2D eigenvalue weighted by atomic mass is 10.3. The summed E-state index contributed by atoms with van der Waals surface area (Å²) < 4.78 is 23.1. The van der Waals surface area contributed by atoms with E-state index in [0.717, 1.165) is 72.2 Å². The Kier molecular flexibility index (Phi) is 16.6. The molecule has 0 radical (unpaired) electrons. The molecule has 0 saturated carbocycles. The zero-order chi connectivity index (χ0) is 18.7. The van der Waals surface area contributed by atoms with Gasteiger partial charge >= 0.3 is 0 Å². The maximum absolute atomic E-state index is 5.82. The van der Waals surface area contributed by atoms with Gasteiger partial charge in [-0.05, 0) is 25.8 Å². The predicted octanol–water partition coefficient (Wildman–Crippen LogP) is 2.62. The predicted molar refractivity (Wildman–Crippen MR) is 106 cm³/mol. The second-order valence-electron chi connectivity index (χ2n) is 6.89. The van der Waals surface area contributed by atoms with Crippen LogP contribution in [-0.4, -0.2) is 95.5 Å². The standard InChI is InChI=1S/C20H42N2O4/c1-3-5-8-21-10-15-23-13-7-14-26-20-22(9-6-4-2)12-17-25-19-18-24-16-11-21/h3-20H2,1-2H3. The SMILES string of the molecule is CCCCN1CCOCCCOCN(CCCC)CCOCCOCC1. The molecule has 0 aromatic rings. The summed E-state index contributed by atoms with van der Waals surface area (Å²) in [4.78, 5) is 4.77. The van der Waals surface area contributed by atoms with E-state index in [0.29, 0.717) is 19.9 Å². The van der Waals surface area contributed by atoms with Gasteiger partial charge in [-0.15, -0.1) is 0 Å². The van der Waals surface area contributed by atoms with Crippen LogP contribution in [0, 0.1) is 0 Å². The number of nitrogens with zero attached hydrogens (tertiary/aromatic N) is 2. The van der Waals surface area contributed by atoms with Gasteiger partial charge in [0, 0.05) is 32.8 Å². The Morgan fingerprint density at radius 3 is 1.69 bits per heavy atom. The summed E-state index contributed by atoms with van der Waals surface area (Å²) in [5.74, 6) is 0. The van der Waals surface area contributed by atoms with E-state index in [9.17, 15) is 0 Å². The lowest BCUT2D eigenvalue weighted by Crippen LogP contribution is -2.33. The normalized spacial score (nSPS) is 21.9. The molecule has 0 N–H and O–H groups in total. The molecular weight excluding hydrogens is 332 g/mol. The molecule has 0 aromatic heterocycles. The van der Waals surface area contributed by atoms with Crippen molar-refractivity contribution in [2.45, 2.75) is 46.0 Å².